The molecule has 18 heavy (non-hydrogen) atoms. The van der Waals surface area contributed by atoms with E-state index in [4.69, 9.17) is 16.3 Å². The van der Waals surface area contributed by atoms with Crippen molar-refractivity contribution in [3.63, 3.8) is 0 Å². The molecular formula is C12H16ClN3O2. The Morgan fingerprint density at radius 1 is 1.67 bits per heavy atom. The Labute approximate surface area is 111 Å². The molecule has 0 saturated carbocycles. The summed E-state index contributed by atoms with van der Waals surface area (Å²) in [6.07, 6.45) is 1.52. The van der Waals surface area contributed by atoms with Crippen LogP contribution in [0.2, 0.25) is 5.02 Å². The van der Waals surface area contributed by atoms with Crippen molar-refractivity contribution >= 4 is 17.5 Å². The van der Waals surface area contributed by atoms with Gasteiger partial charge in [-0.05, 0) is 12.1 Å². The number of pyridine rings is 1. The van der Waals surface area contributed by atoms with E-state index in [1.54, 1.807) is 24.1 Å². The second-order valence-electron chi connectivity index (χ2n) is 4.24. The molecule has 1 amide bonds. The minimum Gasteiger partial charge on any atom is -0.374 e. The number of carbonyl (C=O) groups excluding carboxylic acids is 1. The summed E-state index contributed by atoms with van der Waals surface area (Å²) in [7, 11) is 1.75. The predicted molar refractivity (Wildman–Crippen MR) is 68.8 cm³/mol. The summed E-state index contributed by atoms with van der Waals surface area (Å²) >= 11 is 5.74. The standard InChI is InChI=1S/C12H16ClN3O2/c1-16(8-10-7-14-4-5-18-10)12(17)11-3-2-9(13)6-15-11/h2-3,6,10,14H,4-5,7-8H2,1H3. The van der Waals surface area contributed by atoms with Crippen LogP contribution in [0.1, 0.15) is 10.5 Å². The van der Waals surface area contributed by atoms with Crippen LogP contribution >= 0.6 is 11.6 Å². The predicted octanol–water partition coefficient (Wildman–Crippen LogP) is 0.795. The smallest absolute Gasteiger partial charge is 0.272 e. The number of likely N-dealkylation sites (N-methyl/N-ethyl adjacent to an activating group) is 1. The first-order chi connectivity index (χ1) is 8.66. The number of morpholine rings is 1. The summed E-state index contributed by atoms with van der Waals surface area (Å²) in [6, 6.07) is 3.29. The maximum absolute atomic E-state index is 12.1. The van der Waals surface area contributed by atoms with Gasteiger partial charge in [-0.1, -0.05) is 11.6 Å². The summed E-state index contributed by atoms with van der Waals surface area (Å²) < 4.78 is 5.56. The number of aromatic nitrogens is 1. The largest absolute Gasteiger partial charge is 0.374 e. The Bertz CT molecular complexity index is 404. The molecule has 0 bridgehead atoms. The zero-order valence-electron chi connectivity index (χ0n) is 10.2. The Morgan fingerprint density at radius 3 is 3.11 bits per heavy atom. The van der Waals surface area contributed by atoms with Gasteiger partial charge >= 0.3 is 0 Å². The maximum atomic E-state index is 12.1. The molecular weight excluding hydrogens is 254 g/mol. The fourth-order valence-corrected chi connectivity index (χ4v) is 1.94. The molecule has 0 radical (unpaired) electrons. The fourth-order valence-electron chi connectivity index (χ4n) is 1.82. The molecule has 1 N–H and O–H groups in total. The molecule has 1 aromatic heterocycles. The van der Waals surface area contributed by atoms with E-state index in [0.717, 1.165) is 13.1 Å². The second-order valence-corrected chi connectivity index (χ2v) is 4.68. The number of hydrogen-bond acceptors (Lipinski definition) is 4. The normalized spacial score (nSPS) is 19.6. The molecule has 1 aromatic rings. The number of halogens is 1. The van der Waals surface area contributed by atoms with Gasteiger partial charge in [-0.15, -0.1) is 0 Å². The van der Waals surface area contributed by atoms with Crippen LogP contribution in [0.5, 0.6) is 0 Å². The van der Waals surface area contributed by atoms with E-state index >= 15 is 0 Å². The van der Waals surface area contributed by atoms with Gasteiger partial charge < -0.3 is 15.0 Å². The summed E-state index contributed by atoms with van der Waals surface area (Å²) in [5.41, 5.74) is 0.394. The van der Waals surface area contributed by atoms with Crippen LogP contribution < -0.4 is 5.32 Å². The lowest BCUT2D eigenvalue weighted by Gasteiger charge is -2.27. The van der Waals surface area contributed by atoms with Crippen LogP contribution in [0.15, 0.2) is 18.3 Å². The minimum atomic E-state index is -0.124. The summed E-state index contributed by atoms with van der Waals surface area (Å²) in [5, 5.41) is 3.75. The van der Waals surface area contributed by atoms with Crippen molar-refractivity contribution in [3.05, 3.63) is 29.0 Å². The molecule has 0 aliphatic carbocycles. The number of amides is 1. The average Bonchev–Trinajstić information content (AvgIpc) is 2.40. The molecule has 1 aliphatic rings. The average molecular weight is 270 g/mol. The lowest BCUT2D eigenvalue weighted by molar-refractivity contribution is 0.0102. The van der Waals surface area contributed by atoms with Gasteiger partial charge in [0.2, 0.25) is 0 Å². The Kier molecular flexibility index (Phi) is 4.52. The molecule has 1 aliphatic heterocycles. The molecule has 2 rings (SSSR count). The first-order valence-electron chi connectivity index (χ1n) is 5.86. The monoisotopic (exact) mass is 269 g/mol. The summed E-state index contributed by atoms with van der Waals surface area (Å²) in [6.45, 7) is 2.88. The van der Waals surface area contributed by atoms with Crippen molar-refractivity contribution in [2.45, 2.75) is 6.10 Å². The molecule has 98 valence electrons. The first kappa shape index (κ1) is 13.3. The van der Waals surface area contributed by atoms with Crippen molar-refractivity contribution in [1.82, 2.24) is 15.2 Å². The quantitative estimate of drug-likeness (QED) is 0.882. The maximum Gasteiger partial charge on any atom is 0.272 e. The van der Waals surface area contributed by atoms with Gasteiger partial charge in [0, 0.05) is 32.9 Å². The third-order valence-corrected chi connectivity index (χ3v) is 3.00. The Morgan fingerprint density at radius 2 is 2.50 bits per heavy atom. The van der Waals surface area contributed by atoms with E-state index in [0.29, 0.717) is 23.9 Å². The topological polar surface area (TPSA) is 54.5 Å². The first-order valence-corrected chi connectivity index (χ1v) is 6.24. The van der Waals surface area contributed by atoms with E-state index < -0.39 is 0 Å². The van der Waals surface area contributed by atoms with Crippen LogP contribution in [0.3, 0.4) is 0 Å². The second kappa shape index (κ2) is 6.13. The molecule has 0 aromatic carbocycles. The zero-order valence-corrected chi connectivity index (χ0v) is 11.0. The van der Waals surface area contributed by atoms with Crippen molar-refractivity contribution in [3.8, 4) is 0 Å². The van der Waals surface area contributed by atoms with Gasteiger partial charge in [0.15, 0.2) is 0 Å². The summed E-state index contributed by atoms with van der Waals surface area (Å²) in [5.74, 6) is -0.124. The van der Waals surface area contributed by atoms with Gasteiger partial charge in [-0.25, -0.2) is 4.98 Å². The van der Waals surface area contributed by atoms with E-state index in [1.165, 1.54) is 6.20 Å². The van der Waals surface area contributed by atoms with Gasteiger partial charge in [-0.3, -0.25) is 4.79 Å². The molecule has 2 heterocycles. The highest BCUT2D eigenvalue weighted by atomic mass is 35.5. The number of nitrogens with zero attached hydrogens (tertiary/aromatic N) is 2. The van der Waals surface area contributed by atoms with Crippen LogP contribution in [-0.2, 0) is 4.74 Å². The highest BCUT2D eigenvalue weighted by Gasteiger charge is 2.20. The van der Waals surface area contributed by atoms with E-state index in [-0.39, 0.29) is 12.0 Å². The molecule has 6 heteroatoms. The van der Waals surface area contributed by atoms with Gasteiger partial charge in [0.25, 0.3) is 5.91 Å². The molecule has 1 atom stereocenters. The lowest BCUT2D eigenvalue weighted by Crippen LogP contribution is -2.45. The van der Waals surface area contributed by atoms with Crippen molar-refractivity contribution < 1.29 is 9.53 Å². The number of carbonyl (C=O) groups is 1. The SMILES string of the molecule is CN(CC1CNCCO1)C(=O)c1ccc(Cl)cn1. The van der Waals surface area contributed by atoms with Crippen LogP contribution in [-0.4, -0.2) is 55.2 Å². The molecule has 5 nitrogen and oxygen atoms in total. The number of ether oxygens (including phenoxy) is 1. The lowest BCUT2D eigenvalue weighted by atomic mass is 10.2. The minimum absolute atomic E-state index is 0.0417. The third kappa shape index (κ3) is 3.41. The van der Waals surface area contributed by atoms with Crippen molar-refractivity contribution in [1.29, 1.82) is 0 Å². The van der Waals surface area contributed by atoms with Crippen molar-refractivity contribution in [2.75, 3.05) is 33.3 Å². The third-order valence-electron chi connectivity index (χ3n) is 2.78. The van der Waals surface area contributed by atoms with Crippen LogP contribution in [0.4, 0.5) is 0 Å². The molecule has 1 unspecified atom stereocenters. The Balaban J connectivity index is 1.93. The van der Waals surface area contributed by atoms with E-state index in [9.17, 15) is 4.79 Å². The van der Waals surface area contributed by atoms with Crippen molar-refractivity contribution in [2.24, 2.45) is 0 Å². The molecule has 1 saturated heterocycles. The van der Waals surface area contributed by atoms with Crippen LogP contribution in [0, 0.1) is 0 Å². The number of nitrogens with one attached hydrogen (secondary N) is 1. The summed E-state index contributed by atoms with van der Waals surface area (Å²) in [4.78, 5) is 17.7. The fraction of sp³-hybridized carbons (Fsp3) is 0.500. The number of rotatable bonds is 3. The zero-order chi connectivity index (χ0) is 13.0. The van der Waals surface area contributed by atoms with E-state index in [1.807, 2.05) is 0 Å². The van der Waals surface area contributed by atoms with E-state index in [2.05, 4.69) is 10.3 Å². The van der Waals surface area contributed by atoms with Gasteiger partial charge in [-0.2, -0.15) is 0 Å². The number of hydrogen-bond donors (Lipinski definition) is 1. The highest BCUT2D eigenvalue weighted by Crippen LogP contribution is 2.08. The van der Waals surface area contributed by atoms with Crippen LogP contribution in [0.25, 0.3) is 0 Å². The molecule has 0 spiro atoms. The van der Waals surface area contributed by atoms with Gasteiger partial charge in [0.05, 0.1) is 17.7 Å². The molecule has 1 fully saturated rings. The highest BCUT2D eigenvalue weighted by molar-refractivity contribution is 6.30. The van der Waals surface area contributed by atoms with Gasteiger partial charge in [0.1, 0.15) is 5.69 Å². The Hall–Kier alpha value is -1.17.